The second-order valence-corrected chi connectivity index (χ2v) is 2.81. The van der Waals surface area contributed by atoms with Crippen LogP contribution in [0, 0.1) is 5.41 Å². The van der Waals surface area contributed by atoms with Gasteiger partial charge in [0, 0.05) is 13.0 Å². The molecule has 0 saturated carbocycles. The number of primary amides is 1. The van der Waals surface area contributed by atoms with Crippen molar-refractivity contribution in [1.82, 2.24) is 4.90 Å². The van der Waals surface area contributed by atoms with E-state index >= 15 is 0 Å². The van der Waals surface area contributed by atoms with Gasteiger partial charge in [0.15, 0.2) is 6.23 Å². The molecule has 0 spiro atoms. The Bertz CT molecular complexity index is 205. The van der Waals surface area contributed by atoms with E-state index < -0.39 is 6.09 Å². The highest BCUT2D eigenvalue weighted by Gasteiger charge is 2.27. The second kappa shape index (κ2) is 3.42. The molecule has 3 N–H and O–H groups in total. The Morgan fingerprint density at radius 3 is 2.92 bits per heavy atom. The molecule has 0 aliphatic carbocycles. The normalized spacial score (nSPS) is 22.4. The van der Waals surface area contributed by atoms with Crippen LogP contribution in [0.4, 0.5) is 4.79 Å². The highest BCUT2D eigenvalue weighted by Crippen LogP contribution is 2.17. The number of likely N-dealkylation sites (tertiary alicyclic amines) is 1. The minimum Gasteiger partial charge on any atom is -0.426 e. The molecule has 68 valence electrons. The summed E-state index contributed by atoms with van der Waals surface area (Å²) in [6, 6.07) is 0. The van der Waals surface area contributed by atoms with Crippen molar-refractivity contribution in [3.63, 3.8) is 0 Å². The SMILES string of the molecule is CC(=N)N1CCCC1OC(N)=O. The van der Waals surface area contributed by atoms with E-state index in [0.29, 0.717) is 5.84 Å². The summed E-state index contributed by atoms with van der Waals surface area (Å²) in [6.45, 7) is 2.44. The average Bonchev–Trinajstić information content (AvgIpc) is 2.33. The smallest absolute Gasteiger partial charge is 0.406 e. The number of nitrogens with zero attached hydrogens (tertiary/aromatic N) is 1. The van der Waals surface area contributed by atoms with Crippen LogP contribution in [0.2, 0.25) is 0 Å². The zero-order chi connectivity index (χ0) is 9.14. The van der Waals surface area contributed by atoms with E-state index in [2.05, 4.69) is 0 Å². The molecule has 1 saturated heterocycles. The lowest BCUT2D eigenvalue weighted by atomic mass is 10.4. The number of amidine groups is 1. The fraction of sp³-hybridized carbons (Fsp3) is 0.714. The topological polar surface area (TPSA) is 79.4 Å². The molecule has 1 aliphatic rings. The Morgan fingerprint density at radius 2 is 2.42 bits per heavy atom. The Labute approximate surface area is 71.0 Å². The third-order valence-corrected chi connectivity index (χ3v) is 1.88. The van der Waals surface area contributed by atoms with Gasteiger partial charge in [-0.25, -0.2) is 4.79 Å². The molecule has 0 aromatic rings. The number of ether oxygens (including phenoxy) is 1. The van der Waals surface area contributed by atoms with E-state index in [0.717, 1.165) is 19.4 Å². The maximum Gasteiger partial charge on any atom is 0.406 e. The van der Waals surface area contributed by atoms with Crippen LogP contribution in [-0.2, 0) is 4.74 Å². The number of carbonyl (C=O) groups excluding carboxylic acids is 1. The van der Waals surface area contributed by atoms with Gasteiger partial charge >= 0.3 is 6.09 Å². The summed E-state index contributed by atoms with van der Waals surface area (Å²) in [5, 5.41) is 7.36. The molecule has 12 heavy (non-hydrogen) atoms. The number of carbonyl (C=O) groups is 1. The van der Waals surface area contributed by atoms with Crippen LogP contribution in [0.25, 0.3) is 0 Å². The number of hydrogen-bond acceptors (Lipinski definition) is 3. The van der Waals surface area contributed by atoms with Crippen molar-refractivity contribution >= 4 is 11.9 Å². The first-order chi connectivity index (χ1) is 5.61. The number of hydrogen-bond donors (Lipinski definition) is 2. The largest absolute Gasteiger partial charge is 0.426 e. The first kappa shape index (κ1) is 8.83. The Hall–Kier alpha value is -1.26. The fourth-order valence-corrected chi connectivity index (χ4v) is 1.38. The molecule has 5 heteroatoms. The van der Waals surface area contributed by atoms with Crippen molar-refractivity contribution in [2.45, 2.75) is 26.0 Å². The third kappa shape index (κ3) is 1.87. The lowest BCUT2D eigenvalue weighted by Crippen LogP contribution is -2.37. The monoisotopic (exact) mass is 171 g/mol. The number of nitrogens with two attached hydrogens (primary N) is 1. The van der Waals surface area contributed by atoms with E-state index in [9.17, 15) is 4.79 Å². The highest BCUT2D eigenvalue weighted by atomic mass is 16.6. The molecule has 5 nitrogen and oxygen atoms in total. The molecule has 0 aromatic carbocycles. The molecule has 1 fully saturated rings. The summed E-state index contributed by atoms with van der Waals surface area (Å²) in [4.78, 5) is 12.2. The molecule has 0 aromatic heterocycles. The van der Waals surface area contributed by atoms with Crippen LogP contribution < -0.4 is 5.73 Å². The van der Waals surface area contributed by atoms with E-state index in [-0.39, 0.29) is 6.23 Å². The zero-order valence-corrected chi connectivity index (χ0v) is 7.04. The Morgan fingerprint density at radius 1 is 1.75 bits per heavy atom. The summed E-state index contributed by atoms with van der Waals surface area (Å²) >= 11 is 0. The quantitative estimate of drug-likeness (QED) is 0.445. The van der Waals surface area contributed by atoms with Crippen LogP contribution in [0.5, 0.6) is 0 Å². The van der Waals surface area contributed by atoms with Crippen molar-refractivity contribution in [2.75, 3.05) is 6.54 Å². The van der Waals surface area contributed by atoms with Crippen LogP contribution in [0.15, 0.2) is 0 Å². The maximum atomic E-state index is 10.4. The summed E-state index contributed by atoms with van der Waals surface area (Å²) in [5.74, 6) is 0.416. The van der Waals surface area contributed by atoms with Gasteiger partial charge in [0.05, 0.1) is 5.84 Å². The second-order valence-electron chi connectivity index (χ2n) is 2.81. The molecule has 1 heterocycles. The molecule has 1 unspecified atom stereocenters. The van der Waals surface area contributed by atoms with Gasteiger partial charge in [-0.2, -0.15) is 0 Å². The highest BCUT2D eigenvalue weighted by molar-refractivity contribution is 5.77. The predicted octanol–water partition coefficient (Wildman–Crippen LogP) is 0.501. The standard InChI is InChI=1S/C7H13N3O2/c1-5(8)10-4-2-3-6(10)12-7(9)11/h6,8H,2-4H2,1H3,(H2,9,11). The fourth-order valence-electron chi connectivity index (χ4n) is 1.38. The van der Waals surface area contributed by atoms with Crippen LogP contribution in [-0.4, -0.2) is 29.6 Å². The molecule has 0 radical (unpaired) electrons. The van der Waals surface area contributed by atoms with Crippen molar-refractivity contribution in [2.24, 2.45) is 5.73 Å². The molecule has 1 aliphatic heterocycles. The van der Waals surface area contributed by atoms with Gasteiger partial charge in [0.1, 0.15) is 0 Å². The van der Waals surface area contributed by atoms with E-state index in [4.69, 9.17) is 15.9 Å². The molecular weight excluding hydrogens is 158 g/mol. The Balaban J connectivity index is 2.52. The maximum absolute atomic E-state index is 10.4. The van der Waals surface area contributed by atoms with Crippen molar-refractivity contribution in [3.05, 3.63) is 0 Å². The van der Waals surface area contributed by atoms with Gasteiger partial charge in [0.2, 0.25) is 0 Å². The van der Waals surface area contributed by atoms with E-state index in [1.54, 1.807) is 11.8 Å². The van der Waals surface area contributed by atoms with Gasteiger partial charge < -0.3 is 15.4 Å². The third-order valence-electron chi connectivity index (χ3n) is 1.88. The minimum atomic E-state index is -0.770. The van der Waals surface area contributed by atoms with Gasteiger partial charge in [-0.05, 0) is 13.3 Å². The van der Waals surface area contributed by atoms with Crippen molar-refractivity contribution in [3.8, 4) is 0 Å². The molecular formula is C7H13N3O2. The first-order valence-corrected chi connectivity index (χ1v) is 3.89. The summed E-state index contributed by atoms with van der Waals surface area (Å²) in [6.07, 6.45) is 0.612. The molecule has 1 amide bonds. The van der Waals surface area contributed by atoms with Crippen LogP contribution in [0.1, 0.15) is 19.8 Å². The van der Waals surface area contributed by atoms with Gasteiger partial charge in [0.25, 0.3) is 0 Å². The minimum absolute atomic E-state index is 0.319. The first-order valence-electron chi connectivity index (χ1n) is 3.89. The van der Waals surface area contributed by atoms with E-state index in [1.807, 2.05) is 0 Å². The van der Waals surface area contributed by atoms with Crippen LogP contribution in [0.3, 0.4) is 0 Å². The summed E-state index contributed by atoms with van der Waals surface area (Å²) in [5.41, 5.74) is 4.88. The molecule has 1 rings (SSSR count). The van der Waals surface area contributed by atoms with Gasteiger partial charge in [-0.1, -0.05) is 0 Å². The van der Waals surface area contributed by atoms with Crippen LogP contribution >= 0.6 is 0 Å². The lowest BCUT2D eigenvalue weighted by Gasteiger charge is -2.23. The van der Waals surface area contributed by atoms with Gasteiger partial charge in [-0.3, -0.25) is 5.41 Å². The number of amides is 1. The van der Waals surface area contributed by atoms with Gasteiger partial charge in [-0.15, -0.1) is 0 Å². The van der Waals surface area contributed by atoms with E-state index in [1.165, 1.54) is 0 Å². The average molecular weight is 171 g/mol. The van der Waals surface area contributed by atoms with Crippen molar-refractivity contribution in [1.29, 1.82) is 5.41 Å². The number of nitrogens with one attached hydrogen (secondary N) is 1. The molecule has 0 bridgehead atoms. The lowest BCUT2D eigenvalue weighted by molar-refractivity contribution is 0.0523. The molecule has 1 atom stereocenters. The van der Waals surface area contributed by atoms with Crippen molar-refractivity contribution < 1.29 is 9.53 Å². The summed E-state index contributed by atoms with van der Waals surface area (Å²) < 4.78 is 4.81. The number of rotatable bonds is 1. The zero-order valence-electron chi connectivity index (χ0n) is 7.04. The Kier molecular flexibility index (Phi) is 2.52. The predicted molar refractivity (Wildman–Crippen MR) is 43.8 cm³/mol. The summed E-state index contributed by atoms with van der Waals surface area (Å²) in [7, 11) is 0.